The molecule has 0 bridgehead atoms. The van der Waals surface area contributed by atoms with Gasteiger partial charge in [0.15, 0.2) is 6.17 Å². The van der Waals surface area contributed by atoms with Crippen LogP contribution in [0.2, 0.25) is 0 Å². The van der Waals surface area contributed by atoms with Gasteiger partial charge >= 0.3 is 0 Å². The average molecular weight is 357 g/mol. The van der Waals surface area contributed by atoms with Crippen LogP contribution in [-0.2, 0) is 0 Å². The molecule has 1 atom stereocenters. The third-order valence-corrected chi connectivity index (χ3v) is 4.54. The summed E-state index contributed by atoms with van der Waals surface area (Å²) in [4.78, 5) is 0. The van der Waals surface area contributed by atoms with E-state index >= 15 is 0 Å². The van der Waals surface area contributed by atoms with Crippen molar-refractivity contribution < 1.29 is 13.2 Å². The van der Waals surface area contributed by atoms with Crippen molar-refractivity contribution in [3.05, 3.63) is 26.6 Å². The van der Waals surface area contributed by atoms with Crippen molar-refractivity contribution in [1.29, 1.82) is 0 Å². The van der Waals surface area contributed by atoms with Crippen LogP contribution in [0, 0.1) is 2.88 Å². The van der Waals surface area contributed by atoms with Gasteiger partial charge in [-0.15, -0.1) is 11.3 Å². The highest BCUT2D eigenvalue weighted by atomic mass is 127. The summed E-state index contributed by atoms with van der Waals surface area (Å²) in [5, 5.41) is 0.488. The number of fused-ring (bicyclic) bond motifs is 1. The molecule has 0 saturated carbocycles. The predicted octanol–water partition coefficient (Wildman–Crippen LogP) is 4.36. The van der Waals surface area contributed by atoms with Crippen molar-refractivity contribution in [2.24, 2.45) is 0 Å². The smallest absolute Gasteiger partial charge is 0.273 e. The van der Waals surface area contributed by atoms with Gasteiger partial charge in [0.25, 0.3) is 6.43 Å². The molecule has 0 aliphatic heterocycles. The third kappa shape index (κ3) is 1.88. The summed E-state index contributed by atoms with van der Waals surface area (Å²) in [5.74, 6) is 0. The molecule has 0 aliphatic carbocycles. The molecule has 1 aromatic carbocycles. The number of nitrogens with two attached hydrogens (primary N) is 1. The highest BCUT2D eigenvalue weighted by molar-refractivity contribution is 14.1. The summed E-state index contributed by atoms with van der Waals surface area (Å²) in [5.41, 5.74) is 6.26. The molecule has 1 nitrogen and oxygen atoms in total. The fourth-order valence-electron chi connectivity index (χ4n) is 1.51. The normalized spacial score (nSPS) is 13.6. The second-order valence-electron chi connectivity index (χ2n) is 3.25. The van der Waals surface area contributed by atoms with E-state index in [-0.39, 0.29) is 5.56 Å². The first-order valence-electron chi connectivity index (χ1n) is 4.41. The molecular weight excluding hydrogens is 350 g/mol. The van der Waals surface area contributed by atoms with E-state index in [1.807, 2.05) is 22.6 Å². The Hall–Kier alpha value is -0.500. The topological polar surface area (TPSA) is 26.0 Å². The lowest BCUT2D eigenvalue weighted by Crippen LogP contribution is -2.03. The first kappa shape index (κ1) is 12.0. The zero-order chi connectivity index (χ0) is 11.9. The third-order valence-electron chi connectivity index (χ3n) is 2.24. The van der Waals surface area contributed by atoms with Crippen LogP contribution in [0.4, 0.5) is 18.9 Å². The number of rotatable bonds is 2. The number of anilines is 1. The van der Waals surface area contributed by atoms with E-state index < -0.39 is 12.6 Å². The summed E-state index contributed by atoms with van der Waals surface area (Å²) >= 11 is 3.11. The van der Waals surface area contributed by atoms with Gasteiger partial charge in [-0.1, -0.05) is 12.1 Å². The quantitative estimate of drug-likeness (QED) is 0.627. The fourth-order valence-corrected chi connectivity index (χ4v) is 3.75. The van der Waals surface area contributed by atoms with E-state index in [1.165, 1.54) is 11.3 Å². The minimum absolute atomic E-state index is 0.0582. The van der Waals surface area contributed by atoms with Crippen LogP contribution in [0.1, 0.15) is 11.7 Å². The summed E-state index contributed by atoms with van der Waals surface area (Å²) in [6.07, 6.45) is -5.25. The Morgan fingerprint density at radius 2 is 1.94 bits per heavy atom. The van der Waals surface area contributed by atoms with Crippen molar-refractivity contribution in [1.82, 2.24) is 0 Å². The van der Waals surface area contributed by atoms with E-state index in [2.05, 4.69) is 0 Å². The second-order valence-corrected chi connectivity index (χ2v) is 6.08. The van der Waals surface area contributed by atoms with E-state index in [9.17, 15) is 13.2 Å². The summed E-state index contributed by atoms with van der Waals surface area (Å²) in [6.45, 7) is 0. The highest BCUT2D eigenvalue weighted by Gasteiger charge is 2.27. The van der Waals surface area contributed by atoms with Crippen molar-refractivity contribution in [2.45, 2.75) is 12.6 Å². The minimum Gasteiger partial charge on any atom is -0.398 e. The molecule has 1 aromatic heterocycles. The van der Waals surface area contributed by atoms with Crippen LogP contribution in [0.5, 0.6) is 0 Å². The van der Waals surface area contributed by atoms with E-state index in [0.29, 0.717) is 18.7 Å². The molecule has 1 unspecified atom stereocenters. The Morgan fingerprint density at radius 3 is 2.56 bits per heavy atom. The molecule has 0 saturated heterocycles. The van der Waals surface area contributed by atoms with Crippen molar-refractivity contribution in [3.8, 4) is 0 Å². The Morgan fingerprint density at radius 1 is 1.25 bits per heavy atom. The molecule has 2 aromatic rings. The number of nitrogen functional groups attached to an aromatic ring is 1. The summed E-state index contributed by atoms with van der Waals surface area (Å²) in [6, 6.07) is 4.94. The highest BCUT2D eigenvalue weighted by Crippen LogP contribution is 2.41. The van der Waals surface area contributed by atoms with Gasteiger partial charge in [0, 0.05) is 16.6 Å². The van der Waals surface area contributed by atoms with E-state index in [4.69, 9.17) is 5.73 Å². The molecule has 86 valence electrons. The van der Waals surface area contributed by atoms with Gasteiger partial charge in [-0.05, 0) is 28.7 Å². The van der Waals surface area contributed by atoms with Gasteiger partial charge in [-0.2, -0.15) is 0 Å². The Kier molecular flexibility index (Phi) is 3.29. The Balaban J connectivity index is 2.70. The van der Waals surface area contributed by atoms with Gasteiger partial charge in [-0.3, -0.25) is 0 Å². The average Bonchev–Trinajstić information content (AvgIpc) is 2.55. The predicted molar refractivity (Wildman–Crippen MR) is 68.8 cm³/mol. The number of alkyl halides is 3. The Bertz CT molecular complexity index is 526. The number of halogens is 4. The monoisotopic (exact) mass is 357 g/mol. The van der Waals surface area contributed by atoms with Crippen LogP contribution in [0.3, 0.4) is 0 Å². The molecule has 0 fully saturated rings. The molecule has 1 heterocycles. The van der Waals surface area contributed by atoms with Crippen LogP contribution in [-0.4, -0.2) is 6.43 Å². The van der Waals surface area contributed by atoms with Crippen LogP contribution in [0.15, 0.2) is 18.2 Å². The van der Waals surface area contributed by atoms with Gasteiger partial charge in [0.1, 0.15) is 0 Å². The van der Waals surface area contributed by atoms with Crippen LogP contribution in [0.25, 0.3) is 10.1 Å². The molecule has 2 N–H and O–H groups in total. The number of benzene rings is 1. The standard InChI is InChI=1S/C10H7F3INS/c11-7(9(12)13)6-4-2-1-3-5(15)8(4)16-10(6)14/h1-3,7,9H,15H2. The number of hydrogen-bond donors (Lipinski definition) is 1. The fraction of sp³-hybridized carbons (Fsp3) is 0.200. The van der Waals surface area contributed by atoms with Crippen molar-refractivity contribution in [2.75, 3.05) is 5.73 Å². The molecule has 0 amide bonds. The first-order valence-corrected chi connectivity index (χ1v) is 6.30. The van der Waals surface area contributed by atoms with Crippen LogP contribution >= 0.6 is 33.9 Å². The van der Waals surface area contributed by atoms with Crippen LogP contribution < -0.4 is 5.73 Å². The maximum atomic E-state index is 13.4. The van der Waals surface area contributed by atoms with Gasteiger partial charge in [-0.25, -0.2) is 13.2 Å². The maximum absolute atomic E-state index is 13.4. The summed E-state index contributed by atoms with van der Waals surface area (Å²) < 4.78 is 39.4. The van der Waals surface area contributed by atoms with E-state index in [1.54, 1.807) is 18.2 Å². The lowest BCUT2D eigenvalue weighted by molar-refractivity contribution is 0.0501. The lowest BCUT2D eigenvalue weighted by atomic mass is 10.1. The maximum Gasteiger partial charge on any atom is 0.273 e. The zero-order valence-electron chi connectivity index (χ0n) is 7.88. The molecule has 0 radical (unpaired) electrons. The molecule has 6 heteroatoms. The van der Waals surface area contributed by atoms with Gasteiger partial charge in [0.05, 0.1) is 7.58 Å². The lowest BCUT2D eigenvalue weighted by Gasteiger charge is -2.06. The molecule has 0 spiro atoms. The van der Waals surface area contributed by atoms with Crippen molar-refractivity contribution >= 4 is 49.7 Å². The van der Waals surface area contributed by atoms with E-state index in [0.717, 1.165) is 0 Å². The molecular formula is C10H7F3INS. The summed E-state index contributed by atoms with van der Waals surface area (Å²) in [7, 11) is 0. The first-order chi connectivity index (χ1) is 7.52. The zero-order valence-corrected chi connectivity index (χ0v) is 10.9. The second kappa shape index (κ2) is 4.40. The number of hydrogen-bond acceptors (Lipinski definition) is 2. The van der Waals surface area contributed by atoms with Crippen molar-refractivity contribution in [3.63, 3.8) is 0 Å². The number of thiophene rings is 1. The largest absolute Gasteiger partial charge is 0.398 e. The Labute approximate surface area is 108 Å². The SMILES string of the molecule is Nc1cccc2c(C(F)C(F)F)c(I)sc12. The van der Waals surface area contributed by atoms with Gasteiger partial charge < -0.3 is 5.73 Å². The minimum atomic E-state index is -3.01. The molecule has 0 aliphatic rings. The molecule has 16 heavy (non-hydrogen) atoms. The van der Waals surface area contributed by atoms with Gasteiger partial charge in [0.2, 0.25) is 0 Å². The molecule has 2 rings (SSSR count).